The average molecular weight is 355 g/mol. The van der Waals surface area contributed by atoms with Gasteiger partial charge in [0, 0.05) is 35.6 Å². The fourth-order valence-corrected chi connectivity index (χ4v) is 2.58. The number of hydrogen-bond acceptors (Lipinski definition) is 5. The van der Waals surface area contributed by atoms with E-state index in [4.69, 9.17) is 4.74 Å². The number of hydrogen-bond donors (Lipinski definition) is 3. The SMILES string of the molecule is COc1ccc2cc(C(=O)NCC(O)c3ccc([N+](=O)[O-])cc3)[nH]c2c1. The second-order valence-electron chi connectivity index (χ2n) is 5.71. The van der Waals surface area contributed by atoms with Crippen LogP contribution in [-0.2, 0) is 0 Å². The molecule has 8 heteroatoms. The van der Waals surface area contributed by atoms with Gasteiger partial charge < -0.3 is 20.1 Å². The molecule has 1 unspecified atom stereocenters. The molecule has 3 N–H and O–H groups in total. The number of aromatic amines is 1. The normalized spacial score (nSPS) is 11.9. The highest BCUT2D eigenvalue weighted by atomic mass is 16.6. The van der Waals surface area contributed by atoms with Gasteiger partial charge in [0.05, 0.1) is 18.1 Å². The molecule has 0 saturated heterocycles. The van der Waals surface area contributed by atoms with Crippen LogP contribution in [0.5, 0.6) is 5.75 Å². The molecular weight excluding hydrogens is 338 g/mol. The third-order valence-corrected chi connectivity index (χ3v) is 4.02. The van der Waals surface area contributed by atoms with Crippen LogP contribution in [0, 0.1) is 10.1 Å². The van der Waals surface area contributed by atoms with Gasteiger partial charge in [-0.1, -0.05) is 0 Å². The van der Waals surface area contributed by atoms with Gasteiger partial charge in [-0.25, -0.2) is 0 Å². The van der Waals surface area contributed by atoms with Crippen LogP contribution >= 0.6 is 0 Å². The largest absolute Gasteiger partial charge is 0.497 e. The summed E-state index contributed by atoms with van der Waals surface area (Å²) in [5.41, 5.74) is 1.56. The van der Waals surface area contributed by atoms with Crippen LogP contribution < -0.4 is 10.1 Å². The van der Waals surface area contributed by atoms with E-state index < -0.39 is 11.0 Å². The lowest BCUT2D eigenvalue weighted by molar-refractivity contribution is -0.384. The van der Waals surface area contributed by atoms with Crippen molar-refractivity contribution < 1.29 is 19.6 Å². The Labute approximate surface area is 148 Å². The average Bonchev–Trinajstić information content (AvgIpc) is 3.09. The molecule has 0 spiro atoms. The summed E-state index contributed by atoms with van der Waals surface area (Å²) in [4.78, 5) is 25.4. The molecule has 0 aliphatic rings. The van der Waals surface area contributed by atoms with Crippen LogP contribution in [0.1, 0.15) is 22.2 Å². The minimum absolute atomic E-state index is 0.0185. The summed E-state index contributed by atoms with van der Waals surface area (Å²) in [7, 11) is 1.57. The van der Waals surface area contributed by atoms with Crippen LogP contribution in [0.4, 0.5) is 5.69 Å². The molecule has 0 radical (unpaired) electrons. The van der Waals surface area contributed by atoms with Gasteiger partial charge in [-0.2, -0.15) is 0 Å². The maximum absolute atomic E-state index is 12.3. The van der Waals surface area contributed by atoms with E-state index in [1.165, 1.54) is 24.3 Å². The van der Waals surface area contributed by atoms with Gasteiger partial charge in [-0.3, -0.25) is 14.9 Å². The molecule has 26 heavy (non-hydrogen) atoms. The number of carbonyl (C=O) groups excluding carboxylic acids is 1. The Balaban J connectivity index is 1.65. The fraction of sp³-hybridized carbons (Fsp3) is 0.167. The van der Waals surface area contributed by atoms with Gasteiger partial charge >= 0.3 is 0 Å². The lowest BCUT2D eigenvalue weighted by Gasteiger charge is -2.11. The van der Waals surface area contributed by atoms with Gasteiger partial charge in [-0.15, -0.1) is 0 Å². The molecule has 3 aromatic rings. The molecule has 1 heterocycles. The molecule has 134 valence electrons. The second-order valence-corrected chi connectivity index (χ2v) is 5.71. The summed E-state index contributed by atoms with van der Waals surface area (Å²) in [6.45, 7) is -0.0185. The van der Waals surface area contributed by atoms with Crippen molar-refractivity contribution in [3.05, 3.63) is 69.9 Å². The van der Waals surface area contributed by atoms with Crippen molar-refractivity contribution >= 4 is 22.5 Å². The summed E-state index contributed by atoms with van der Waals surface area (Å²) in [6.07, 6.45) is -0.968. The first-order valence-electron chi connectivity index (χ1n) is 7.85. The van der Waals surface area contributed by atoms with E-state index in [2.05, 4.69) is 10.3 Å². The van der Waals surface area contributed by atoms with Crippen molar-refractivity contribution in [3.63, 3.8) is 0 Å². The number of nitrogens with one attached hydrogen (secondary N) is 2. The van der Waals surface area contributed by atoms with Crippen LogP contribution in [0.25, 0.3) is 10.9 Å². The van der Waals surface area contributed by atoms with Gasteiger partial charge in [0.2, 0.25) is 0 Å². The summed E-state index contributed by atoms with van der Waals surface area (Å²) >= 11 is 0. The molecule has 0 aliphatic carbocycles. The summed E-state index contributed by atoms with van der Waals surface area (Å²) in [5, 5.41) is 24.3. The summed E-state index contributed by atoms with van der Waals surface area (Å²) in [5.74, 6) is 0.320. The molecule has 8 nitrogen and oxygen atoms in total. The molecular formula is C18H17N3O5. The van der Waals surface area contributed by atoms with E-state index in [0.29, 0.717) is 17.0 Å². The van der Waals surface area contributed by atoms with Crippen LogP contribution in [0.15, 0.2) is 48.5 Å². The Bertz CT molecular complexity index is 949. The first-order chi connectivity index (χ1) is 12.5. The minimum Gasteiger partial charge on any atom is -0.497 e. The number of carbonyl (C=O) groups is 1. The number of ether oxygens (including phenoxy) is 1. The van der Waals surface area contributed by atoms with E-state index in [9.17, 15) is 20.0 Å². The van der Waals surface area contributed by atoms with E-state index in [0.717, 1.165) is 10.9 Å². The number of benzene rings is 2. The highest BCUT2D eigenvalue weighted by Crippen LogP contribution is 2.21. The minimum atomic E-state index is -0.968. The molecule has 0 aliphatic heterocycles. The topological polar surface area (TPSA) is 117 Å². The second kappa shape index (κ2) is 7.24. The number of nitro groups is 1. The number of nitro benzene ring substituents is 1. The van der Waals surface area contributed by atoms with Gasteiger partial charge in [0.25, 0.3) is 11.6 Å². The number of aliphatic hydroxyl groups is 1. The van der Waals surface area contributed by atoms with Gasteiger partial charge in [0.1, 0.15) is 11.4 Å². The van der Waals surface area contributed by atoms with Crippen molar-refractivity contribution in [3.8, 4) is 5.75 Å². The van der Waals surface area contributed by atoms with Gasteiger partial charge in [0.15, 0.2) is 0 Å². The van der Waals surface area contributed by atoms with Crippen molar-refractivity contribution in [2.24, 2.45) is 0 Å². The van der Waals surface area contributed by atoms with Crippen molar-refractivity contribution in [1.82, 2.24) is 10.3 Å². The van der Waals surface area contributed by atoms with Crippen molar-refractivity contribution in [1.29, 1.82) is 0 Å². The molecule has 0 saturated carbocycles. The van der Waals surface area contributed by atoms with E-state index in [-0.39, 0.29) is 18.1 Å². The first kappa shape index (κ1) is 17.4. The number of aliphatic hydroxyl groups excluding tert-OH is 1. The number of fused-ring (bicyclic) bond motifs is 1. The molecule has 1 aromatic heterocycles. The first-order valence-corrected chi connectivity index (χ1v) is 7.85. The Morgan fingerprint density at radius 1 is 1.27 bits per heavy atom. The molecule has 1 atom stereocenters. The monoisotopic (exact) mass is 355 g/mol. The zero-order valence-electron chi connectivity index (χ0n) is 13.9. The fourth-order valence-electron chi connectivity index (χ4n) is 2.58. The highest BCUT2D eigenvalue weighted by Gasteiger charge is 2.14. The highest BCUT2D eigenvalue weighted by molar-refractivity contribution is 5.98. The predicted molar refractivity (Wildman–Crippen MR) is 95.2 cm³/mol. The molecule has 0 fully saturated rings. The molecule has 3 rings (SSSR count). The quantitative estimate of drug-likeness (QED) is 0.464. The standard InChI is InChI=1S/C18H17N3O5/c1-26-14-7-4-12-8-16(20-15(12)9-14)18(23)19-10-17(22)11-2-5-13(6-3-11)21(24)25/h2-9,17,20,22H,10H2,1H3,(H,19,23). The number of nitrogens with zero attached hydrogens (tertiary/aromatic N) is 1. The van der Waals surface area contributed by atoms with Crippen LogP contribution in [0.3, 0.4) is 0 Å². The predicted octanol–water partition coefficient (Wildman–Crippen LogP) is 2.55. The third kappa shape index (κ3) is 3.65. The van der Waals surface area contributed by atoms with E-state index >= 15 is 0 Å². The lowest BCUT2D eigenvalue weighted by Crippen LogP contribution is -2.28. The zero-order valence-corrected chi connectivity index (χ0v) is 13.9. The number of non-ortho nitro benzene ring substituents is 1. The van der Waals surface area contributed by atoms with Gasteiger partial charge in [-0.05, 0) is 35.9 Å². The maximum atomic E-state index is 12.3. The molecule has 0 bridgehead atoms. The summed E-state index contributed by atoms with van der Waals surface area (Å²) < 4.78 is 5.15. The van der Waals surface area contributed by atoms with E-state index in [1.807, 2.05) is 6.07 Å². The molecule has 1 amide bonds. The van der Waals surface area contributed by atoms with Crippen LogP contribution in [-0.4, -0.2) is 34.6 Å². The Morgan fingerprint density at radius 2 is 2.00 bits per heavy atom. The molecule has 2 aromatic carbocycles. The number of amides is 1. The van der Waals surface area contributed by atoms with E-state index in [1.54, 1.807) is 25.3 Å². The number of methoxy groups -OCH3 is 1. The summed E-state index contributed by atoms with van der Waals surface area (Å²) in [6, 6.07) is 12.7. The number of H-pyrrole nitrogens is 1. The number of rotatable bonds is 6. The van der Waals surface area contributed by atoms with Crippen molar-refractivity contribution in [2.75, 3.05) is 13.7 Å². The smallest absolute Gasteiger partial charge is 0.269 e. The third-order valence-electron chi connectivity index (χ3n) is 4.02. The van der Waals surface area contributed by atoms with Crippen molar-refractivity contribution in [2.45, 2.75) is 6.10 Å². The Kier molecular flexibility index (Phi) is 4.85. The van der Waals surface area contributed by atoms with Crippen LogP contribution in [0.2, 0.25) is 0 Å². The Morgan fingerprint density at radius 3 is 2.65 bits per heavy atom. The lowest BCUT2D eigenvalue weighted by atomic mass is 10.1. The maximum Gasteiger partial charge on any atom is 0.269 e. The zero-order chi connectivity index (χ0) is 18.7. The Hall–Kier alpha value is -3.39. The number of aromatic nitrogens is 1.